The zero-order chi connectivity index (χ0) is 15.7. The lowest BCUT2D eigenvalue weighted by Gasteiger charge is -2.34. The molecule has 0 unspecified atom stereocenters. The van der Waals surface area contributed by atoms with Crippen LogP contribution in [0.2, 0.25) is 0 Å². The molecule has 0 aliphatic heterocycles. The Morgan fingerprint density at radius 3 is 2.57 bits per heavy atom. The largest absolute Gasteiger partial charge is 0.465 e. The highest BCUT2D eigenvalue weighted by Gasteiger charge is 2.33. The molecule has 0 amide bonds. The summed E-state index contributed by atoms with van der Waals surface area (Å²) in [5.74, 6) is -0.342. The monoisotopic (exact) mass is 290 g/mol. The van der Waals surface area contributed by atoms with E-state index in [4.69, 9.17) is 9.47 Å². The second-order valence-electron chi connectivity index (χ2n) is 4.97. The maximum absolute atomic E-state index is 11.8. The summed E-state index contributed by atoms with van der Waals surface area (Å²) in [6.45, 7) is 4.60. The molecule has 0 spiro atoms. The van der Waals surface area contributed by atoms with Crippen molar-refractivity contribution in [1.82, 2.24) is 4.90 Å². The summed E-state index contributed by atoms with van der Waals surface area (Å²) >= 11 is 0. The lowest BCUT2D eigenvalue weighted by atomic mass is 10.0. The van der Waals surface area contributed by atoms with E-state index in [0.717, 1.165) is 5.56 Å². The number of nitriles is 1. The predicted octanol–water partition coefficient (Wildman–Crippen LogP) is 1.98. The molecule has 0 aliphatic rings. The van der Waals surface area contributed by atoms with Gasteiger partial charge in [-0.3, -0.25) is 9.69 Å². The zero-order valence-corrected chi connectivity index (χ0v) is 12.8. The molecule has 0 radical (unpaired) electrons. The Morgan fingerprint density at radius 2 is 2.05 bits per heavy atom. The zero-order valence-electron chi connectivity index (χ0n) is 12.8. The normalized spacial score (nSPS) is 13.5. The molecule has 0 saturated carbocycles. The summed E-state index contributed by atoms with van der Waals surface area (Å²) in [7, 11) is 1.54. The van der Waals surface area contributed by atoms with Gasteiger partial charge < -0.3 is 9.47 Å². The third-order valence-corrected chi connectivity index (χ3v) is 3.21. The smallest absolute Gasteiger partial charge is 0.320 e. The van der Waals surface area contributed by atoms with Gasteiger partial charge in [0.05, 0.1) is 25.8 Å². The Morgan fingerprint density at radius 1 is 1.38 bits per heavy atom. The lowest BCUT2D eigenvalue weighted by molar-refractivity contribution is -0.146. The van der Waals surface area contributed by atoms with Crippen molar-refractivity contribution < 1.29 is 14.3 Å². The third-order valence-electron chi connectivity index (χ3n) is 3.21. The number of ether oxygens (including phenoxy) is 2. The first-order valence-corrected chi connectivity index (χ1v) is 6.90. The summed E-state index contributed by atoms with van der Waals surface area (Å²) in [5.41, 5.74) is 0.136. The molecule has 5 heteroatoms. The fourth-order valence-corrected chi connectivity index (χ4v) is 2.05. The van der Waals surface area contributed by atoms with Crippen LogP contribution in [0.25, 0.3) is 0 Å². The fourth-order valence-electron chi connectivity index (χ4n) is 2.05. The van der Waals surface area contributed by atoms with Gasteiger partial charge in [0.1, 0.15) is 5.54 Å². The van der Waals surface area contributed by atoms with Crippen molar-refractivity contribution in [2.45, 2.75) is 25.9 Å². The van der Waals surface area contributed by atoms with Crippen molar-refractivity contribution in [3.63, 3.8) is 0 Å². The Kier molecular flexibility index (Phi) is 6.86. The third kappa shape index (κ3) is 5.18. The van der Waals surface area contributed by atoms with E-state index in [-0.39, 0.29) is 19.1 Å². The van der Waals surface area contributed by atoms with Gasteiger partial charge in [-0.1, -0.05) is 30.3 Å². The maximum Gasteiger partial charge on any atom is 0.320 e. The van der Waals surface area contributed by atoms with Crippen LogP contribution in [0, 0.1) is 11.3 Å². The predicted molar refractivity (Wildman–Crippen MR) is 79.4 cm³/mol. The molecule has 114 valence electrons. The minimum atomic E-state index is -0.892. The van der Waals surface area contributed by atoms with Gasteiger partial charge in [0.2, 0.25) is 0 Å². The fraction of sp³-hybridized carbons (Fsp3) is 0.500. The number of nitrogens with zero attached hydrogens (tertiary/aromatic N) is 2. The first-order valence-electron chi connectivity index (χ1n) is 6.90. The number of carbonyl (C=O) groups is 1. The SMILES string of the molecule is CCOC(=O)CN(Cc1ccccc1)[C@](C)(C#N)COC. The van der Waals surface area contributed by atoms with Gasteiger partial charge >= 0.3 is 5.97 Å². The van der Waals surface area contributed by atoms with E-state index < -0.39 is 5.54 Å². The second kappa shape index (κ2) is 8.40. The summed E-state index contributed by atoms with van der Waals surface area (Å²) in [4.78, 5) is 13.6. The van der Waals surface area contributed by atoms with Gasteiger partial charge in [0, 0.05) is 13.7 Å². The number of rotatable bonds is 8. The average molecular weight is 290 g/mol. The first kappa shape index (κ1) is 17.2. The lowest BCUT2D eigenvalue weighted by Crippen LogP contribution is -2.50. The molecule has 1 aromatic carbocycles. The van der Waals surface area contributed by atoms with Gasteiger partial charge in [-0.15, -0.1) is 0 Å². The van der Waals surface area contributed by atoms with Crippen LogP contribution in [0.4, 0.5) is 0 Å². The number of hydrogen-bond acceptors (Lipinski definition) is 5. The molecule has 0 saturated heterocycles. The van der Waals surface area contributed by atoms with E-state index in [1.807, 2.05) is 30.3 Å². The van der Waals surface area contributed by atoms with E-state index in [1.165, 1.54) is 0 Å². The van der Waals surface area contributed by atoms with Crippen molar-refractivity contribution in [3.05, 3.63) is 35.9 Å². The number of hydrogen-bond donors (Lipinski definition) is 0. The Hall–Kier alpha value is -1.90. The van der Waals surface area contributed by atoms with E-state index in [9.17, 15) is 10.1 Å². The molecule has 5 nitrogen and oxygen atoms in total. The Bertz CT molecular complexity index is 484. The Labute approximate surface area is 126 Å². The summed E-state index contributed by atoms with van der Waals surface area (Å²) in [5, 5.41) is 9.48. The molecule has 0 heterocycles. The number of esters is 1. The summed E-state index contributed by atoms with van der Waals surface area (Å²) in [6, 6.07) is 11.9. The molecule has 1 rings (SSSR count). The maximum atomic E-state index is 11.8. The number of carbonyl (C=O) groups excluding carboxylic acids is 1. The second-order valence-corrected chi connectivity index (χ2v) is 4.97. The topological polar surface area (TPSA) is 62.6 Å². The van der Waals surface area contributed by atoms with Crippen LogP contribution in [0.1, 0.15) is 19.4 Å². The number of methoxy groups -OCH3 is 1. The van der Waals surface area contributed by atoms with E-state index in [1.54, 1.807) is 25.9 Å². The highest BCUT2D eigenvalue weighted by atomic mass is 16.5. The van der Waals surface area contributed by atoms with Gasteiger partial charge in [0.25, 0.3) is 0 Å². The molecule has 0 aromatic heterocycles. The summed E-state index contributed by atoms with van der Waals surface area (Å²) < 4.78 is 10.1. The summed E-state index contributed by atoms with van der Waals surface area (Å²) in [6.07, 6.45) is 0. The first-order chi connectivity index (χ1) is 10.1. The van der Waals surface area contributed by atoms with Crippen molar-refractivity contribution in [1.29, 1.82) is 5.26 Å². The minimum absolute atomic E-state index is 0.0517. The van der Waals surface area contributed by atoms with Crippen LogP contribution in [0.5, 0.6) is 0 Å². The van der Waals surface area contributed by atoms with Crippen molar-refractivity contribution in [2.24, 2.45) is 0 Å². The number of benzene rings is 1. The highest BCUT2D eigenvalue weighted by molar-refractivity contribution is 5.71. The van der Waals surface area contributed by atoms with Gasteiger partial charge in [-0.25, -0.2) is 0 Å². The Balaban J connectivity index is 2.93. The van der Waals surface area contributed by atoms with Gasteiger partial charge in [-0.05, 0) is 19.4 Å². The molecule has 0 fully saturated rings. The standard InChI is InChI=1S/C16H22N2O3/c1-4-21-15(19)11-18(16(2,12-17)13-20-3)10-14-8-6-5-7-9-14/h5-9H,4,10-11,13H2,1-3H3/t16-/m1/s1. The van der Waals surface area contributed by atoms with E-state index in [0.29, 0.717) is 13.2 Å². The van der Waals surface area contributed by atoms with Crippen LogP contribution >= 0.6 is 0 Å². The van der Waals surface area contributed by atoms with Gasteiger partial charge in [0.15, 0.2) is 0 Å². The average Bonchev–Trinajstić information content (AvgIpc) is 2.48. The van der Waals surface area contributed by atoms with Crippen LogP contribution in [-0.2, 0) is 20.8 Å². The molecular weight excluding hydrogens is 268 g/mol. The molecule has 21 heavy (non-hydrogen) atoms. The quantitative estimate of drug-likeness (QED) is 0.685. The molecular formula is C16H22N2O3. The minimum Gasteiger partial charge on any atom is -0.465 e. The van der Waals surface area contributed by atoms with Crippen molar-refractivity contribution >= 4 is 5.97 Å². The van der Waals surface area contributed by atoms with Crippen LogP contribution < -0.4 is 0 Å². The highest BCUT2D eigenvalue weighted by Crippen LogP contribution is 2.18. The van der Waals surface area contributed by atoms with Crippen LogP contribution in [0.15, 0.2) is 30.3 Å². The molecule has 1 aromatic rings. The van der Waals surface area contributed by atoms with E-state index >= 15 is 0 Å². The molecule has 1 atom stereocenters. The van der Waals surface area contributed by atoms with Gasteiger partial charge in [-0.2, -0.15) is 5.26 Å². The molecule has 0 N–H and O–H groups in total. The van der Waals surface area contributed by atoms with Crippen molar-refractivity contribution in [3.8, 4) is 6.07 Å². The van der Waals surface area contributed by atoms with Crippen molar-refractivity contribution in [2.75, 3.05) is 26.9 Å². The van der Waals surface area contributed by atoms with Crippen LogP contribution in [-0.4, -0.2) is 43.3 Å². The molecule has 0 aliphatic carbocycles. The van der Waals surface area contributed by atoms with Crippen LogP contribution in [0.3, 0.4) is 0 Å². The molecule has 0 bridgehead atoms. The van der Waals surface area contributed by atoms with E-state index in [2.05, 4.69) is 6.07 Å².